The fraction of sp³-hybridized carbons (Fsp3) is 0.500. The maximum Gasteiger partial charge on any atom is 0.299 e. The lowest BCUT2D eigenvalue weighted by Crippen LogP contribution is -2.10. The van der Waals surface area contributed by atoms with Crippen molar-refractivity contribution < 1.29 is 13.2 Å². The van der Waals surface area contributed by atoms with E-state index in [9.17, 15) is 8.42 Å². The lowest BCUT2D eigenvalue weighted by molar-refractivity contribution is 0.375. The molecule has 1 aliphatic rings. The third kappa shape index (κ3) is 0.890. The molecule has 0 amide bonds. The number of rotatable bonds is 0. The number of hydrogen-bond acceptors (Lipinski definition) is 4. The van der Waals surface area contributed by atoms with Crippen LogP contribution in [0.1, 0.15) is 0 Å². The molecule has 0 unspecified atom stereocenters. The molecule has 0 aromatic heterocycles. The van der Waals surface area contributed by atoms with Crippen LogP contribution in [-0.4, -0.2) is 20.4 Å². The summed E-state index contributed by atoms with van der Waals surface area (Å²) in [7, 11) is -3.35. The molecule has 0 atom stereocenters. The van der Waals surface area contributed by atoms with E-state index < -0.39 is 16.0 Å². The Kier molecular flexibility index (Phi) is 0.902. The van der Waals surface area contributed by atoms with E-state index in [1.54, 1.807) is 0 Å². The van der Waals surface area contributed by atoms with Crippen molar-refractivity contribution >= 4 is 16.0 Å². The maximum absolute atomic E-state index is 10.2. The molecule has 0 saturated carbocycles. The molecule has 8 heavy (non-hydrogen) atoms. The van der Waals surface area contributed by atoms with Gasteiger partial charge in [-0.2, -0.15) is 0 Å². The highest BCUT2D eigenvalue weighted by atomic mass is 32.2. The molecule has 0 aromatic carbocycles. The van der Waals surface area contributed by atoms with Crippen molar-refractivity contribution in [1.29, 1.82) is 0 Å². The predicted octanol–water partition coefficient (Wildman–Crippen LogP) is -1.38. The first-order chi connectivity index (χ1) is 3.60. The number of nitrogens with zero attached hydrogens (tertiary/aromatic N) is 1. The van der Waals surface area contributed by atoms with E-state index in [2.05, 4.69) is 9.13 Å². The molecule has 6 heteroatoms. The Morgan fingerprint density at radius 1 is 1.75 bits per heavy atom. The molecule has 1 heterocycles. The molecule has 0 aromatic rings. The number of sulfonamides is 1. The Morgan fingerprint density at radius 2 is 2.38 bits per heavy atom. The van der Waals surface area contributed by atoms with E-state index in [0.29, 0.717) is 0 Å². The Bertz CT molecular complexity index is 215. The summed E-state index contributed by atoms with van der Waals surface area (Å²) in [5.41, 5.74) is 4.86. The first-order valence-electron chi connectivity index (χ1n) is 1.81. The van der Waals surface area contributed by atoms with Gasteiger partial charge in [0.25, 0.3) is 16.0 Å². The first-order valence-corrected chi connectivity index (χ1v) is 3.42. The highest BCUT2D eigenvalue weighted by Gasteiger charge is 2.18. The highest BCUT2D eigenvalue weighted by Crippen LogP contribution is 2.00. The average Bonchev–Trinajstić information content (AvgIpc) is 1.82. The maximum atomic E-state index is 10.2. The van der Waals surface area contributed by atoms with Crippen molar-refractivity contribution in [1.82, 2.24) is 0 Å². The van der Waals surface area contributed by atoms with Crippen LogP contribution in [0.15, 0.2) is 4.40 Å². The zero-order valence-electron chi connectivity index (χ0n) is 3.86. The smallest absolute Gasteiger partial charge is 0.299 e. The summed E-state index contributed by atoms with van der Waals surface area (Å²) < 4.78 is 27.8. The molecule has 0 radical (unpaired) electrons. The molecule has 0 fully saturated rings. The highest BCUT2D eigenvalue weighted by molar-refractivity contribution is 7.90. The van der Waals surface area contributed by atoms with Crippen LogP contribution in [0, 0.1) is 0 Å². The van der Waals surface area contributed by atoms with E-state index in [1.807, 2.05) is 0 Å². The molecule has 1 aliphatic heterocycles. The van der Waals surface area contributed by atoms with Crippen molar-refractivity contribution in [3.05, 3.63) is 0 Å². The second kappa shape index (κ2) is 1.35. The molecule has 0 saturated heterocycles. The molecule has 0 spiro atoms. The van der Waals surface area contributed by atoms with Gasteiger partial charge in [0.1, 0.15) is 0 Å². The van der Waals surface area contributed by atoms with Crippen LogP contribution in [0.2, 0.25) is 0 Å². The zero-order valence-corrected chi connectivity index (χ0v) is 4.68. The third-order valence-corrected chi connectivity index (χ3v) is 1.46. The summed E-state index contributed by atoms with van der Waals surface area (Å²) in [5.74, 6) is -0.418. The molecule has 46 valence electrons. The lowest BCUT2D eigenvalue weighted by atomic mass is 11.2. The molecular weight excluding hydrogens is 132 g/mol. The van der Waals surface area contributed by atoms with Gasteiger partial charge in [-0.05, 0) is 0 Å². The Labute approximate surface area is 46.2 Å². The van der Waals surface area contributed by atoms with Crippen molar-refractivity contribution in [3.63, 3.8) is 0 Å². The van der Waals surface area contributed by atoms with E-state index in [0.717, 1.165) is 0 Å². The minimum absolute atomic E-state index is 0.273. The van der Waals surface area contributed by atoms with Crippen molar-refractivity contribution in [2.75, 3.05) is 5.94 Å². The summed E-state index contributed by atoms with van der Waals surface area (Å²) in [4.78, 5) is 0. The zero-order chi connectivity index (χ0) is 6.20. The summed E-state index contributed by atoms with van der Waals surface area (Å²) in [6, 6.07) is -0.273. The minimum Gasteiger partial charge on any atom is -0.446 e. The van der Waals surface area contributed by atoms with Crippen LogP contribution < -0.4 is 5.73 Å². The molecule has 2 N–H and O–H groups in total. The van der Waals surface area contributed by atoms with Gasteiger partial charge in [-0.1, -0.05) is 0 Å². The van der Waals surface area contributed by atoms with Gasteiger partial charge in [0, 0.05) is 0 Å². The van der Waals surface area contributed by atoms with Gasteiger partial charge < -0.3 is 10.5 Å². The van der Waals surface area contributed by atoms with Gasteiger partial charge in [0.15, 0.2) is 0 Å². The second-order valence-corrected chi connectivity index (χ2v) is 2.86. The van der Waals surface area contributed by atoms with E-state index in [-0.39, 0.29) is 6.02 Å². The van der Waals surface area contributed by atoms with Crippen molar-refractivity contribution in [3.8, 4) is 0 Å². The van der Waals surface area contributed by atoms with Crippen LogP contribution >= 0.6 is 0 Å². The van der Waals surface area contributed by atoms with E-state index in [1.165, 1.54) is 0 Å². The molecule has 0 bridgehead atoms. The minimum atomic E-state index is -3.35. The number of amidine groups is 1. The van der Waals surface area contributed by atoms with E-state index >= 15 is 0 Å². The van der Waals surface area contributed by atoms with Gasteiger partial charge in [0.05, 0.1) is 0 Å². The van der Waals surface area contributed by atoms with Gasteiger partial charge in [0.2, 0.25) is 5.94 Å². The Balaban J connectivity index is 3.00. The topological polar surface area (TPSA) is 81.8 Å². The summed E-state index contributed by atoms with van der Waals surface area (Å²) >= 11 is 0. The van der Waals surface area contributed by atoms with Crippen LogP contribution in [0.25, 0.3) is 0 Å². The second-order valence-electron chi connectivity index (χ2n) is 1.27. The number of hydrogen-bond donors (Lipinski definition) is 1. The van der Waals surface area contributed by atoms with Crippen LogP contribution in [-0.2, 0) is 14.8 Å². The molecule has 0 aliphatic carbocycles. The number of nitrogens with two attached hydrogens (primary N) is 1. The monoisotopic (exact) mass is 136 g/mol. The Morgan fingerprint density at radius 3 is 2.50 bits per heavy atom. The molecule has 5 nitrogen and oxygen atoms in total. The SMILES string of the molecule is NC1=NS(=O)(=O)CO1. The van der Waals surface area contributed by atoms with Gasteiger partial charge in [-0.25, -0.2) is 8.42 Å². The van der Waals surface area contributed by atoms with Gasteiger partial charge in [-0.3, -0.25) is 0 Å². The van der Waals surface area contributed by atoms with Crippen molar-refractivity contribution in [2.45, 2.75) is 0 Å². The normalized spacial score (nSPS) is 24.2. The van der Waals surface area contributed by atoms with Crippen LogP contribution in [0.3, 0.4) is 0 Å². The van der Waals surface area contributed by atoms with Crippen LogP contribution in [0.4, 0.5) is 0 Å². The fourth-order valence-electron chi connectivity index (χ4n) is 0.325. The first kappa shape index (κ1) is 5.36. The quantitative estimate of drug-likeness (QED) is 0.445. The van der Waals surface area contributed by atoms with Gasteiger partial charge in [-0.15, -0.1) is 4.40 Å². The third-order valence-electron chi connectivity index (χ3n) is 0.585. The van der Waals surface area contributed by atoms with E-state index in [4.69, 9.17) is 5.73 Å². The van der Waals surface area contributed by atoms with Crippen molar-refractivity contribution in [2.24, 2.45) is 10.1 Å². The van der Waals surface area contributed by atoms with Crippen LogP contribution in [0.5, 0.6) is 0 Å². The number of ether oxygens (including phenoxy) is 1. The predicted molar refractivity (Wildman–Crippen MR) is 26.5 cm³/mol. The summed E-state index contributed by atoms with van der Waals surface area (Å²) in [6.07, 6.45) is 0. The largest absolute Gasteiger partial charge is 0.446 e. The summed E-state index contributed by atoms with van der Waals surface area (Å²) in [6.45, 7) is 0. The molecular formula is C2H4N2O3S. The lowest BCUT2D eigenvalue weighted by Gasteiger charge is -1.84. The standard InChI is InChI=1S/C2H4N2O3S/c3-2-4-8(5,6)1-7-2/h1H2,(H2,3,4). The summed E-state index contributed by atoms with van der Waals surface area (Å²) in [5, 5.41) is 0. The average molecular weight is 136 g/mol. The van der Waals surface area contributed by atoms with Gasteiger partial charge >= 0.3 is 0 Å². The Hall–Kier alpha value is -0.780. The molecule has 1 rings (SSSR count). The fourth-order valence-corrected chi connectivity index (χ4v) is 0.974.